The zero-order chi connectivity index (χ0) is 11.4. The van der Waals surface area contributed by atoms with E-state index in [1.54, 1.807) is 0 Å². The van der Waals surface area contributed by atoms with Crippen molar-refractivity contribution in [3.05, 3.63) is 35.4 Å². The molecule has 0 radical (unpaired) electrons. The highest BCUT2D eigenvalue weighted by atomic mass is 19.1. The normalized spacial score (nSPS) is 12.2. The van der Waals surface area contributed by atoms with E-state index < -0.39 is 11.6 Å². The van der Waals surface area contributed by atoms with Crippen molar-refractivity contribution in [1.82, 2.24) is 0 Å². The van der Waals surface area contributed by atoms with Gasteiger partial charge in [-0.1, -0.05) is 19.9 Å². The van der Waals surface area contributed by atoms with Crippen molar-refractivity contribution < 1.29 is 8.78 Å². The molecule has 4 heteroatoms. The largest absolute Gasteiger partial charge is 0.387 e. The molecule has 1 rings (SSSR count). The Morgan fingerprint density at radius 2 is 2.07 bits per heavy atom. The average molecular weight is 212 g/mol. The standard InChI is InChI=1S/C11H14F2N2/c1-7(2)11(14)15-6-8-3-4-9(12)5-10(8)13/h3-5,7H,6H2,1-2H3,(H2,14,15). The highest BCUT2D eigenvalue weighted by molar-refractivity contribution is 5.82. The second kappa shape index (κ2) is 4.87. The molecule has 1 aromatic rings. The molecule has 0 aromatic heterocycles. The van der Waals surface area contributed by atoms with Crippen LogP contribution in [0.3, 0.4) is 0 Å². The summed E-state index contributed by atoms with van der Waals surface area (Å²) in [5, 5.41) is 0. The Hall–Kier alpha value is -1.45. The summed E-state index contributed by atoms with van der Waals surface area (Å²) >= 11 is 0. The summed E-state index contributed by atoms with van der Waals surface area (Å²) in [5.41, 5.74) is 5.94. The van der Waals surface area contributed by atoms with E-state index in [1.165, 1.54) is 12.1 Å². The van der Waals surface area contributed by atoms with Crippen LogP contribution in [0.5, 0.6) is 0 Å². The van der Waals surface area contributed by atoms with Crippen LogP contribution < -0.4 is 5.73 Å². The van der Waals surface area contributed by atoms with Crippen LogP contribution >= 0.6 is 0 Å². The zero-order valence-corrected chi connectivity index (χ0v) is 8.80. The van der Waals surface area contributed by atoms with Gasteiger partial charge >= 0.3 is 0 Å². The van der Waals surface area contributed by atoms with Gasteiger partial charge in [0.1, 0.15) is 11.6 Å². The lowest BCUT2D eigenvalue weighted by Crippen LogP contribution is -2.18. The fourth-order valence-corrected chi connectivity index (χ4v) is 1.01. The van der Waals surface area contributed by atoms with E-state index in [0.717, 1.165) is 6.07 Å². The molecule has 0 heterocycles. The Labute approximate surface area is 87.8 Å². The zero-order valence-electron chi connectivity index (χ0n) is 8.80. The first-order chi connectivity index (χ1) is 7.00. The minimum Gasteiger partial charge on any atom is -0.387 e. The number of nitrogens with zero attached hydrogens (tertiary/aromatic N) is 1. The first-order valence-electron chi connectivity index (χ1n) is 4.74. The van der Waals surface area contributed by atoms with Gasteiger partial charge in [-0.05, 0) is 6.07 Å². The first-order valence-corrected chi connectivity index (χ1v) is 4.74. The quantitative estimate of drug-likeness (QED) is 0.606. The van der Waals surface area contributed by atoms with Crippen molar-refractivity contribution in [2.75, 3.05) is 0 Å². The van der Waals surface area contributed by atoms with E-state index >= 15 is 0 Å². The van der Waals surface area contributed by atoms with Gasteiger partial charge in [-0.25, -0.2) is 8.78 Å². The Balaban J connectivity index is 2.78. The van der Waals surface area contributed by atoms with Crippen LogP contribution in [-0.4, -0.2) is 5.84 Å². The molecule has 0 aliphatic heterocycles. The van der Waals surface area contributed by atoms with Crippen LogP contribution in [0, 0.1) is 17.6 Å². The second-order valence-corrected chi connectivity index (χ2v) is 3.63. The van der Waals surface area contributed by atoms with Gasteiger partial charge in [-0.3, -0.25) is 4.99 Å². The molecule has 0 saturated heterocycles. The van der Waals surface area contributed by atoms with Crippen molar-refractivity contribution in [1.29, 1.82) is 0 Å². The molecule has 82 valence electrons. The number of nitrogens with two attached hydrogens (primary N) is 1. The molecule has 2 N–H and O–H groups in total. The first kappa shape index (κ1) is 11.6. The van der Waals surface area contributed by atoms with Crippen molar-refractivity contribution in [2.24, 2.45) is 16.6 Å². The van der Waals surface area contributed by atoms with Gasteiger partial charge in [0, 0.05) is 17.5 Å². The molecule has 0 spiro atoms. The Morgan fingerprint density at radius 1 is 1.40 bits per heavy atom. The highest BCUT2D eigenvalue weighted by Crippen LogP contribution is 2.10. The van der Waals surface area contributed by atoms with E-state index in [-0.39, 0.29) is 12.5 Å². The minimum absolute atomic E-state index is 0.133. The van der Waals surface area contributed by atoms with E-state index in [0.29, 0.717) is 11.4 Å². The number of aliphatic imine (C=N–C) groups is 1. The maximum atomic E-state index is 13.2. The van der Waals surface area contributed by atoms with Crippen molar-refractivity contribution >= 4 is 5.84 Å². The fourth-order valence-electron chi connectivity index (χ4n) is 1.01. The summed E-state index contributed by atoms with van der Waals surface area (Å²) < 4.78 is 25.7. The molecule has 2 nitrogen and oxygen atoms in total. The smallest absolute Gasteiger partial charge is 0.131 e. The second-order valence-electron chi connectivity index (χ2n) is 3.63. The van der Waals surface area contributed by atoms with Crippen molar-refractivity contribution in [3.63, 3.8) is 0 Å². The van der Waals surface area contributed by atoms with Gasteiger partial charge in [-0.15, -0.1) is 0 Å². The van der Waals surface area contributed by atoms with Crippen LogP contribution in [0.1, 0.15) is 19.4 Å². The van der Waals surface area contributed by atoms with Gasteiger partial charge in [0.05, 0.1) is 12.4 Å². The van der Waals surface area contributed by atoms with Crippen molar-refractivity contribution in [2.45, 2.75) is 20.4 Å². The number of hydrogen-bond acceptors (Lipinski definition) is 1. The minimum atomic E-state index is -0.588. The highest BCUT2D eigenvalue weighted by Gasteiger charge is 2.04. The molecule has 0 aliphatic rings. The number of rotatable bonds is 3. The molecular formula is C11H14F2N2. The average Bonchev–Trinajstić information content (AvgIpc) is 2.15. The van der Waals surface area contributed by atoms with Crippen molar-refractivity contribution in [3.8, 4) is 0 Å². The summed E-state index contributed by atoms with van der Waals surface area (Å²) in [4.78, 5) is 4.02. The third-order valence-electron chi connectivity index (χ3n) is 2.04. The molecule has 0 amide bonds. The maximum absolute atomic E-state index is 13.2. The lowest BCUT2D eigenvalue weighted by Gasteiger charge is -2.04. The Bertz CT molecular complexity index is 373. The van der Waals surface area contributed by atoms with Crippen LogP contribution in [0.2, 0.25) is 0 Å². The fraction of sp³-hybridized carbons (Fsp3) is 0.364. The third-order valence-corrected chi connectivity index (χ3v) is 2.04. The maximum Gasteiger partial charge on any atom is 0.131 e. The Morgan fingerprint density at radius 3 is 2.60 bits per heavy atom. The Kier molecular flexibility index (Phi) is 3.77. The summed E-state index contributed by atoms with van der Waals surface area (Å²) in [6, 6.07) is 3.43. The molecule has 0 saturated carbocycles. The van der Waals surface area contributed by atoms with Gasteiger partial charge < -0.3 is 5.73 Å². The monoisotopic (exact) mass is 212 g/mol. The summed E-state index contributed by atoms with van der Waals surface area (Å²) in [6.07, 6.45) is 0. The third kappa shape index (κ3) is 3.31. The number of amidine groups is 1. The van der Waals surface area contributed by atoms with Crippen LogP contribution in [0.4, 0.5) is 8.78 Å². The summed E-state index contributed by atoms with van der Waals surface area (Å²) in [7, 11) is 0. The van der Waals surface area contributed by atoms with E-state index in [1.807, 2.05) is 13.8 Å². The SMILES string of the molecule is CC(C)C(N)=NCc1ccc(F)cc1F. The van der Waals surface area contributed by atoms with Gasteiger partial charge in [0.25, 0.3) is 0 Å². The number of halogens is 2. The molecule has 0 bridgehead atoms. The topological polar surface area (TPSA) is 38.4 Å². The number of benzene rings is 1. The van der Waals surface area contributed by atoms with Crippen LogP contribution in [-0.2, 0) is 6.54 Å². The molecule has 1 aromatic carbocycles. The predicted molar refractivity (Wildman–Crippen MR) is 56.5 cm³/mol. The molecule has 0 fully saturated rings. The molecule has 0 aliphatic carbocycles. The summed E-state index contributed by atoms with van der Waals surface area (Å²) in [5.74, 6) is -0.570. The molecule has 15 heavy (non-hydrogen) atoms. The van der Waals surface area contributed by atoms with Crippen LogP contribution in [0.25, 0.3) is 0 Å². The molecule has 0 atom stereocenters. The number of hydrogen-bond donors (Lipinski definition) is 1. The molecular weight excluding hydrogens is 198 g/mol. The lowest BCUT2D eigenvalue weighted by molar-refractivity contribution is 0.572. The van der Waals surface area contributed by atoms with Gasteiger partial charge in [0.15, 0.2) is 0 Å². The van der Waals surface area contributed by atoms with E-state index in [9.17, 15) is 8.78 Å². The summed E-state index contributed by atoms with van der Waals surface area (Å²) in [6.45, 7) is 3.95. The predicted octanol–water partition coefficient (Wildman–Crippen LogP) is 2.48. The van der Waals surface area contributed by atoms with E-state index in [2.05, 4.69) is 4.99 Å². The van der Waals surface area contributed by atoms with Gasteiger partial charge in [0.2, 0.25) is 0 Å². The van der Waals surface area contributed by atoms with E-state index in [4.69, 9.17) is 5.73 Å². The lowest BCUT2D eigenvalue weighted by atomic mass is 10.2. The van der Waals surface area contributed by atoms with Gasteiger partial charge in [-0.2, -0.15) is 0 Å². The molecule has 0 unspecified atom stereocenters. The van der Waals surface area contributed by atoms with Crippen LogP contribution in [0.15, 0.2) is 23.2 Å².